The Morgan fingerprint density at radius 2 is 1.74 bits per heavy atom. The van der Waals surface area contributed by atoms with Crippen molar-refractivity contribution in [1.82, 2.24) is 0 Å². The predicted molar refractivity (Wildman–Crippen MR) is 82.4 cm³/mol. The second-order valence-electron chi connectivity index (χ2n) is 4.51. The predicted octanol–water partition coefficient (Wildman–Crippen LogP) is 3.46. The standard InChI is InChI=1S/C16H13F2NO3S/c17-16(18)23-13-4-2-1-3-12(13)15(21)22-9-10-5-7-11(8-6-10)14(19)20/h1-8,16H,9H2,(H2,19,20). The lowest BCUT2D eigenvalue weighted by molar-refractivity contribution is 0.0468. The monoisotopic (exact) mass is 337 g/mol. The number of ether oxygens (including phenoxy) is 1. The van der Waals surface area contributed by atoms with Crippen molar-refractivity contribution in [2.45, 2.75) is 17.3 Å². The topological polar surface area (TPSA) is 69.4 Å². The van der Waals surface area contributed by atoms with Gasteiger partial charge in [-0.25, -0.2) is 4.79 Å². The summed E-state index contributed by atoms with van der Waals surface area (Å²) in [7, 11) is 0. The van der Waals surface area contributed by atoms with Gasteiger partial charge in [0, 0.05) is 10.5 Å². The molecule has 0 heterocycles. The highest BCUT2D eigenvalue weighted by Crippen LogP contribution is 2.28. The second-order valence-corrected chi connectivity index (χ2v) is 5.54. The number of rotatable bonds is 6. The first-order valence-corrected chi connectivity index (χ1v) is 7.45. The van der Waals surface area contributed by atoms with Crippen molar-refractivity contribution in [3.63, 3.8) is 0 Å². The molecule has 0 bridgehead atoms. The van der Waals surface area contributed by atoms with Crippen LogP contribution in [0.2, 0.25) is 0 Å². The number of carbonyl (C=O) groups is 2. The van der Waals surface area contributed by atoms with E-state index in [9.17, 15) is 18.4 Å². The molecule has 4 nitrogen and oxygen atoms in total. The van der Waals surface area contributed by atoms with Crippen LogP contribution in [-0.4, -0.2) is 17.6 Å². The molecule has 0 aromatic heterocycles. The van der Waals surface area contributed by atoms with Crippen molar-refractivity contribution in [2.24, 2.45) is 5.73 Å². The largest absolute Gasteiger partial charge is 0.457 e. The minimum absolute atomic E-state index is 0.0362. The van der Waals surface area contributed by atoms with Gasteiger partial charge in [-0.05, 0) is 29.8 Å². The van der Waals surface area contributed by atoms with E-state index in [4.69, 9.17) is 10.5 Å². The number of amides is 1. The Labute approximate surface area is 135 Å². The third-order valence-corrected chi connectivity index (χ3v) is 3.72. The number of hydrogen-bond donors (Lipinski definition) is 1. The van der Waals surface area contributed by atoms with Crippen LogP contribution in [0.3, 0.4) is 0 Å². The Balaban J connectivity index is 2.03. The maximum absolute atomic E-state index is 12.5. The van der Waals surface area contributed by atoms with Crippen LogP contribution in [0.4, 0.5) is 8.78 Å². The molecule has 2 N–H and O–H groups in total. The van der Waals surface area contributed by atoms with Gasteiger partial charge >= 0.3 is 5.97 Å². The summed E-state index contributed by atoms with van der Waals surface area (Å²) in [6, 6.07) is 12.3. The lowest BCUT2D eigenvalue weighted by Crippen LogP contribution is -2.11. The van der Waals surface area contributed by atoms with Gasteiger partial charge in [-0.1, -0.05) is 36.0 Å². The van der Waals surface area contributed by atoms with Gasteiger partial charge in [-0.15, -0.1) is 0 Å². The Hall–Kier alpha value is -2.41. The van der Waals surface area contributed by atoms with E-state index in [1.165, 1.54) is 24.3 Å². The summed E-state index contributed by atoms with van der Waals surface area (Å²) in [6.07, 6.45) is 0. The molecule has 0 spiro atoms. The molecule has 0 aliphatic heterocycles. The number of esters is 1. The number of carbonyl (C=O) groups excluding carboxylic acids is 2. The van der Waals surface area contributed by atoms with Crippen molar-refractivity contribution in [1.29, 1.82) is 0 Å². The molecule has 23 heavy (non-hydrogen) atoms. The van der Waals surface area contributed by atoms with Crippen LogP contribution in [-0.2, 0) is 11.3 Å². The molecular weight excluding hydrogens is 324 g/mol. The van der Waals surface area contributed by atoms with Gasteiger partial charge in [0.1, 0.15) is 6.61 Å². The Morgan fingerprint density at radius 1 is 1.09 bits per heavy atom. The number of nitrogens with two attached hydrogens (primary N) is 1. The number of benzene rings is 2. The Bertz CT molecular complexity index is 705. The molecule has 0 saturated heterocycles. The van der Waals surface area contributed by atoms with Crippen LogP contribution in [0, 0.1) is 0 Å². The smallest absolute Gasteiger partial charge is 0.339 e. The van der Waals surface area contributed by atoms with E-state index in [1.54, 1.807) is 24.3 Å². The van der Waals surface area contributed by atoms with Crippen molar-refractivity contribution in [3.05, 3.63) is 65.2 Å². The minimum Gasteiger partial charge on any atom is -0.457 e. The third-order valence-electron chi connectivity index (χ3n) is 2.93. The zero-order valence-corrected chi connectivity index (χ0v) is 12.7. The number of thioether (sulfide) groups is 1. The van der Waals surface area contributed by atoms with Gasteiger partial charge in [-0.2, -0.15) is 8.78 Å². The zero-order valence-electron chi connectivity index (χ0n) is 11.9. The maximum Gasteiger partial charge on any atom is 0.339 e. The van der Waals surface area contributed by atoms with Crippen LogP contribution in [0.5, 0.6) is 0 Å². The quantitative estimate of drug-likeness (QED) is 0.647. The molecule has 120 valence electrons. The molecule has 2 aromatic carbocycles. The highest BCUT2D eigenvalue weighted by atomic mass is 32.2. The fraction of sp³-hybridized carbons (Fsp3) is 0.125. The molecule has 0 radical (unpaired) electrons. The van der Waals surface area contributed by atoms with Gasteiger partial charge < -0.3 is 10.5 Å². The van der Waals surface area contributed by atoms with Crippen molar-refractivity contribution in [3.8, 4) is 0 Å². The maximum atomic E-state index is 12.5. The van der Waals surface area contributed by atoms with Crippen LogP contribution in [0.15, 0.2) is 53.4 Å². The average Bonchev–Trinajstić information content (AvgIpc) is 2.53. The summed E-state index contributed by atoms with van der Waals surface area (Å²) >= 11 is 0.295. The van der Waals surface area contributed by atoms with Crippen molar-refractivity contribution in [2.75, 3.05) is 0 Å². The lowest BCUT2D eigenvalue weighted by Gasteiger charge is -2.09. The summed E-state index contributed by atoms with van der Waals surface area (Å²) in [5, 5.41) is 0. The molecule has 0 aliphatic carbocycles. The highest BCUT2D eigenvalue weighted by Gasteiger charge is 2.16. The molecule has 0 fully saturated rings. The summed E-state index contributed by atoms with van der Waals surface area (Å²) in [5.74, 6) is -3.86. The van der Waals surface area contributed by atoms with E-state index in [0.29, 0.717) is 22.9 Å². The number of alkyl halides is 2. The number of halogens is 2. The first-order valence-electron chi connectivity index (χ1n) is 6.57. The van der Waals surface area contributed by atoms with Crippen LogP contribution in [0.1, 0.15) is 26.3 Å². The molecule has 7 heteroatoms. The molecule has 2 rings (SSSR count). The highest BCUT2D eigenvalue weighted by molar-refractivity contribution is 7.99. The fourth-order valence-electron chi connectivity index (χ4n) is 1.83. The van der Waals surface area contributed by atoms with Crippen molar-refractivity contribution < 1.29 is 23.1 Å². The van der Waals surface area contributed by atoms with Crippen LogP contribution in [0.25, 0.3) is 0 Å². The summed E-state index contributed by atoms with van der Waals surface area (Å²) < 4.78 is 30.1. The van der Waals surface area contributed by atoms with E-state index in [0.717, 1.165) is 0 Å². The Kier molecular flexibility index (Phi) is 5.70. The average molecular weight is 337 g/mol. The number of primary amides is 1. The van der Waals surface area contributed by atoms with E-state index in [-0.39, 0.29) is 17.1 Å². The third kappa shape index (κ3) is 4.79. The van der Waals surface area contributed by atoms with Gasteiger partial charge in [0.15, 0.2) is 0 Å². The van der Waals surface area contributed by atoms with E-state index >= 15 is 0 Å². The summed E-state index contributed by atoms with van der Waals surface area (Å²) in [5.41, 5.74) is 6.22. The molecular formula is C16H13F2NO3S. The molecule has 0 atom stereocenters. The van der Waals surface area contributed by atoms with Gasteiger partial charge in [0.25, 0.3) is 5.76 Å². The SMILES string of the molecule is NC(=O)c1ccc(COC(=O)c2ccccc2SC(F)F)cc1. The molecule has 1 amide bonds. The Morgan fingerprint density at radius 3 is 2.35 bits per heavy atom. The van der Waals surface area contributed by atoms with Crippen molar-refractivity contribution >= 4 is 23.6 Å². The summed E-state index contributed by atoms with van der Waals surface area (Å²) in [4.78, 5) is 23.2. The van der Waals surface area contributed by atoms with Crippen LogP contribution < -0.4 is 5.73 Å². The lowest BCUT2D eigenvalue weighted by atomic mass is 10.1. The summed E-state index contributed by atoms with van der Waals surface area (Å²) in [6.45, 7) is -0.0362. The number of hydrogen-bond acceptors (Lipinski definition) is 4. The molecule has 0 saturated carbocycles. The van der Waals surface area contributed by atoms with E-state index in [1.807, 2.05) is 0 Å². The molecule has 0 unspecified atom stereocenters. The van der Waals surface area contributed by atoms with E-state index < -0.39 is 17.6 Å². The minimum atomic E-state index is -2.62. The first-order chi connectivity index (χ1) is 11.0. The van der Waals surface area contributed by atoms with Crippen LogP contribution >= 0.6 is 11.8 Å². The molecule has 0 aliphatic rings. The molecule has 2 aromatic rings. The van der Waals surface area contributed by atoms with Gasteiger partial charge in [0.05, 0.1) is 5.56 Å². The van der Waals surface area contributed by atoms with Gasteiger partial charge in [0.2, 0.25) is 5.91 Å². The second kappa shape index (κ2) is 7.73. The van der Waals surface area contributed by atoms with Gasteiger partial charge in [-0.3, -0.25) is 4.79 Å². The first kappa shape index (κ1) is 17.0. The zero-order chi connectivity index (χ0) is 16.8. The normalized spacial score (nSPS) is 10.6. The van der Waals surface area contributed by atoms with E-state index in [2.05, 4.69) is 0 Å². The fourth-order valence-corrected chi connectivity index (χ4v) is 2.45.